The second-order valence-electron chi connectivity index (χ2n) is 3.38. The molecule has 0 saturated carbocycles. The summed E-state index contributed by atoms with van der Waals surface area (Å²) in [6, 6.07) is 7.35. The Kier molecular flexibility index (Phi) is 2.55. The quantitative estimate of drug-likeness (QED) is 0.811. The first-order valence-corrected chi connectivity index (χ1v) is 4.68. The fourth-order valence-corrected chi connectivity index (χ4v) is 1.55. The number of aromatic nitrogens is 1. The summed E-state index contributed by atoms with van der Waals surface area (Å²) in [7, 11) is 0. The minimum atomic E-state index is -4.41. The van der Waals surface area contributed by atoms with Crippen LogP contribution in [0.25, 0.3) is 10.9 Å². The smallest absolute Gasteiger partial charge is 0.326 e. The number of nitrogens with zero attached hydrogens (tertiary/aromatic N) is 1. The van der Waals surface area contributed by atoms with Gasteiger partial charge in [-0.15, -0.1) is 0 Å². The van der Waals surface area contributed by atoms with Gasteiger partial charge in [0.05, 0.1) is 5.52 Å². The zero-order valence-corrected chi connectivity index (χ0v) is 8.25. The Morgan fingerprint density at radius 2 is 1.88 bits per heavy atom. The van der Waals surface area contributed by atoms with Crippen molar-refractivity contribution in [3.8, 4) is 0 Å². The average Bonchev–Trinajstić information content (AvgIpc) is 2.26. The van der Waals surface area contributed by atoms with Gasteiger partial charge < -0.3 is 5.73 Å². The minimum absolute atomic E-state index is 0.282. The standard InChI is InChI=1S/C11H9F3N2/c12-11(13,14)10-5-4-8-7(6-15)2-1-3-9(8)16-10/h1-5H,6,15H2. The third-order valence-corrected chi connectivity index (χ3v) is 2.33. The fraction of sp³-hybridized carbons (Fsp3) is 0.182. The van der Waals surface area contributed by atoms with Crippen molar-refractivity contribution in [2.24, 2.45) is 5.73 Å². The fourth-order valence-electron chi connectivity index (χ4n) is 1.55. The SMILES string of the molecule is NCc1cccc2nc(C(F)(F)F)ccc12. The number of hydrogen-bond acceptors (Lipinski definition) is 2. The van der Waals surface area contributed by atoms with E-state index in [9.17, 15) is 13.2 Å². The molecule has 5 heteroatoms. The molecule has 0 aliphatic carbocycles. The van der Waals surface area contributed by atoms with Crippen LogP contribution < -0.4 is 5.73 Å². The van der Waals surface area contributed by atoms with E-state index in [0.29, 0.717) is 10.9 Å². The highest BCUT2D eigenvalue weighted by atomic mass is 19.4. The Labute approximate surface area is 89.9 Å². The van der Waals surface area contributed by atoms with Crippen molar-refractivity contribution >= 4 is 10.9 Å². The van der Waals surface area contributed by atoms with Crippen LogP contribution in [0.15, 0.2) is 30.3 Å². The molecule has 0 saturated heterocycles. The summed E-state index contributed by atoms with van der Waals surface area (Å²) < 4.78 is 37.2. The number of nitrogens with two attached hydrogens (primary N) is 1. The molecule has 0 bridgehead atoms. The van der Waals surface area contributed by atoms with Gasteiger partial charge in [0.2, 0.25) is 0 Å². The third kappa shape index (κ3) is 1.86. The third-order valence-electron chi connectivity index (χ3n) is 2.33. The second-order valence-corrected chi connectivity index (χ2v) is 3.38. The molecule has 16 heavy (non-hydrogen) atoms. The Balaban J connectivity index is 2.64. The van der Waals surface area contributed by atoms with E-state index >= 15 is 0 Å². The molecule has 84 valence electrons. The predicted octanol–water partition coefficient (Wildman–Crippen LogP) is 2.71. The van der Waals surface area contributed by atoms with Gasteiger partial charge in [-0.25, -0.2) is 4.98 Å². The number of alkyl halides is 3. The number of pyridine rings is 1. The lowest BCUT2D eigenvalue weighted by atomic mass is 10.1. The molecule has 0 amide bonds. The number of rotatable bonds is 1. The van der Waals surface area contributed by atoms with Crippen molar-refractivity contribution in [3.63, 3.8) is 0 Å². The number of hydrogen-bond donors (Lipinski definition) is 1. The zero-order chi connectivity index (χ0) is 11.8. The van der Waals surface area contributed by atoms with Gasteiger partial charge >= 0.3 is 6.18 Å². The van der Waals surface area contributed by atoms with Crippen molar-refractivity contribution in [3.05, 3.63) is 41.6 Å². The second kappa shape index (κ2) is 3.75. The number of benzene rings is 1. The molecule has 1 heterocycles. The van der Waals surface area contributed by atoms with Crippen LogP contribution in [-0.2, 0) is 12.7 Å². The number of halogens is 3. The average molecular weight is 226 g/mol. The van der Waals surface area contributed by atoms with Gasteiger partial charge in [-0.05, 0) is 17.7 Å². The van der Waals surface area contributed by atoms with E-state index in [-0.39, 0.29) is 6.54 Å². The van der Waals surface area contributed by atoms with E-state index in [1.165, 1.54) is 6.07 Å². The van der Waals surface area contributed by atoms with Crippen LogP contribution in [0, 0.1) is 0 Å². The normalized spacial score (nSPS) is 12.0. The summed E-state index contributed by atoms with van der Waals surface area (Å²) in [6.07, 6.45) is -4.41. The van der Waals surface area contributed by atoms with E-state index < -0.39 is 11.9 Å². The maximum Gasteiger partial charge on any atom is 0.433 e. The van der Waals surface area contributed by atoms with Gasteiger partial charge in [0.15, 0.2) is 0 Å². The highest BCUT2D eigenvalue weighted by Crippen LogP contribution is 2.29. The molecule has 0 fully saturated rings. The van der Waals surface area contributed by atoms with Gasteiger partial charge in [-0.3, -0.25) is 0 Å². The first kappa shape index (κ1) is 10.9. The highest BCUT2D eigenvalue weighted by molar-refractivity contribution is 5.82. The highest BCUT2D eigenvalue weighted by Gasteiger charge is 2.32. The maximum atomic E-state index is 12.4. The maximum absolute atomic E-state index is 12.4. The molecule has 0 aliphatic rings. The van der Waals surface area contributed by atoms with Crippen LogP contribution in [0.4, 0.5) is 13.2 Å². The molecule has 2 nitrogen and oxygen atoms in total. The zero-order valence-electron chi connectivity index (χ0n) is 8.25. The summed E-state index contributed by atoms with van der Waals surface area (Å²) in [5, 5.41) is 0.665. The summed E-state index contributed by atoms with van der Waals surface area (Å²) >= 11 is 0. The van der Waals surface area contributed by atoms with E-state index in [1.54, 1.807) is 18.2 Å². The van der Waals surface area contributed by atoms with E-state index in [4.69, 9.17) is 5.73 Å². The topological polar surface area (TPSA) is 38.9 Å². The summed E-state index contributed by atoms with van der Waals surface area (Å²) in [6.45, 7) is 0.282. The summed E-state index contributed by atoms with van der Waals surface area (Å²) in [4.78, 5) is 3.57. The van der Waals surface area contributed by atoms with Gasteiger partial charge in [0, 0.05) is 11.9 Å². The summed E-state index contributed by atoms with van der Waals surface area (Å²) in [5.41, 5.74) is 5.72. The lowest BCUT2D eigenvalue weighted by Crippen LogP contribution is -2.08. The van der Waals surface area contributed by atoms with Crippen LogP contribution in [0.3, 0.4) is 0 Å². The largest absolute Gasteiger partial charge is 0.433 e. The molecule has 2 rings (SSSR count). The van der Waals surface area contributed by atoms with Crippen LogP contribution in [0.5, 0.6) is 0 Å². The van der Waals surface area contributed by atoms with E-state index in [2.05, 4.69) is 4.98 Å². The molecular weight excluding hydrogens is 217 g/mol. The van der Waals surface area contributed by atoms with Crippen molar-refractivity contribution < 1.29 is 13.2 Å². The Bertz CT molecular complexity index is 520. The molecule has 0 aliphatic heterocycles. The van der Waals surface area contributed by atoms with Crippen molar-refractivity contribution in [2.45, 2.75) is 12.7 Å². The van der Waals surface area contributed by atoms with Crippen LogP contribution in [0.2, 0.25) is 0 Å². The molecule has 2 aromatic rings. The molecule has 0 radical (unpaired) electrons. The van der Waals surface area contributed by atoms with Gasteiger partial charge in [-0.2, -0.15) is 13.2 Å². The van der Waals surface area contributed by atoms with E-state index in [1.807, 2.05) is 0 Å². The van der Waals surface area contributed by atoms with Crippen LogP contribution in [-0.4, -0.2) is 4.98 Å². The van der Waals surface area contributed by atoms with Gasteiger partial charge in [0.25, 0.3) is 0 Å². The monoisotopic (exact) mass is 226 g/mol. The lowest BCUT2D eigenvalue weighted by molar-refractivity contribution is -0.140. The lowest BCUT2D eigenvalue weighted by Gasteiger charge is -2.08. The Hall–Kier alpha value is -1.62. The molecule has 0 spiro atoms. The molecule has 2 N–H and O–H groups in total. The molecule has 1 aromatic carbocycles. The molecule has 0 atom stereocenters. The Morgan fingerprint density at radius 3 is 2.50 bits per heavy atom. The van der Waals surface area contributed by atoms with Gasteiger partial charge in [-0.1, -0.05) is 18.2 Å². The summed E-state index contributed by atoms with van der Waals surface area (Å²) in [5.74, 6) is 0. The van der Waals surface area contributed by atoms with Crippen molar-refractivity contribution in [2.75, 3.05) is 0 Å². The van der Waals surface area contributed by atoms with Crippen molar-refractivity contribution in [1.29, 1.82) is 0 Å². The van der Waals surface area contributed by atoms with Crippen LogP contribution >= 0.6 is 0 Å². The van der Waals surface area contributed by atoms with Crippen LogP contribution in [0.1, 0.15) is 11.3 Å². The van der Waals surface area contributed by atoms with Crippen molar-refractivity contribution in [1.82, 2.24) is 4.98 Å². The first-order chi connectivity index (χ1) is 7.52. The molecule has 0 unspecified atom stereocenters. The first-order valence-electron chi connectivity index (χ1n) is 4.68. The van der Waals surface area contributed by atoms with E-state index in [0.717, 1.165) is 11.6 Å². The number of fused-ring (bicyclic) bond motifs is 1. The molecular formula is C11H9F3N2. The molecule has 1 aromatic heterocycles. The predicted molar refractivity (Wildman–Crippen MR) is 54.6 cm³/mol. The van der Waals surface area contributed by atoms with Gasteiger partial charge in [0.1, 0.15) is 5.69 Å². The Morgan fingerprint density at radius 1 is 1.12 bits per heavy atom. The minimum Gasteiger partial charge on any atom is -0.326 e.